The lowest BCUT2D eigenvalue weighted by Crippen LogP contribution is -2.25. The number of hydrogen-bond acceptors (Lipinski definition) is 5. The van der Waals surface area contributed by atoms with E-state index in [9.17, 15) is 9.18 Å². The van der Waals surface area contributed by atoms with Gasteiger partial charge in [-0.3, -0.25) is 4.79 Å². The first kappa shape index (κ1) is 35.2. The summed E-state index contributed by atoms with van der Waals surface area (Å²) in [5.41, 5.74) is 7.15. The van der Waals surface area contributed by atoms with E-state index in [4.69, 9.17) is 19.6 Å². The smallest absolute Gasteiger partial charge is 0.222 e. The van der Waals surface area contributed by atoms with Crippen molar-refractivity contribution in [3.05, 3.63) is 58.7 Å². The number of amides is 1. The molecule has 0 aliphatic carbocycles. The Kier molecular flexibility index (Phi) is 10.6. The van der Waals surface area contributed by atoms with Crippen molar-refractivity contribution in [2.24, 2.45) is 0 Å². The Hall–Kier alpha value is -3.13. The lowest BCUT2D eigenvalue weighted by atomic mass is 9.95. The highest BCUT2D eigenvalue weighted by molar-refractivity contribution is 6.76. The topological polar surface area (TPSA) is 74.4 Å². The zero-order chi connectivity index (χ0) is 34.1. The van der Waals surface area contributed by atoms with E-state index in [-0.39, 0.29) is 11.7 Å². The van der Waals surface area contributed by atoms with Gasteiger partial charge in [-0.15, -0.1) is 0 Å². The van der Waals surface area contributed by atoms with Gasteiger partial charge >= 0.3 is 0 Å². The van der Waals surface area contributed by atoms with Gasteiger partial charge in [0, 0.05) is 41.2 Å². The molecule has 47 heavy (non-hydrogen) atoms. The summed E-state index contributed by atoms with van der Waals surface area (Å²) in [5, 5.41) is 6.08. The van der Waals surface area contributed by atoms with Crippen molar-refractivity contribution in [2.75, 3.05) is 13.2 Å². The van der Waals surface area contributed by atoms with Gasteiger partial charge in [0.1, 0.15) is 25.0 Å². The lowest BCUT2D eigenvalue weighted by molar-refractivity contribution is -0.131. The molecule has 3 heterocycles. The second-order valence-electron chi connectivity index (χ2n) is 15.2. The normalized spacial score (nSPS) is 13.6. The number of carbonyl (C=O) groups is 1. The molecule has 2 aromatic carbocycles. The second-order valence-corrected chi connectivity index (χ2v) is 26.5. The minimum absolute atomic E-state index is 0.118. The number of nitrogens with zero attached hydrogens (tertiary/aromatic N) is 5. The van der Waals surface area contributed by atoms with E-state index in [0.717, 1.165) is 69.0 Å². The molecule has 11 heteroatoms. The molecule has 4 aromatic rings. The fourth-order valence-corrected chi connectivity index (χ4v) is 7.46. The van der Waals surface area contributed by atoms with Crippen LogP contribution in [0.5, 0.6) is 0 Å². The number of carbonyl (C=O) groups excluding carboxylic acids is 1. The van der Waals surface area contributed by atoms with Crippen LogP contribution in [0.25, 0.3) is 33.5 Å². The molecular formula is C36H52FN5O3Si2. The predicted molar refractivity (Wildman–Crippen MR) is 193 cm³/mol. The zero-order valence-corrected chi connectivity index (χ0v) is 31.8. The minimum atomic E-state index is -1.27. The van der Waals surface area contributed by atoms with Crippen LogP contribution in [0.2, 0.25) is 51.4 Å². The van der Waals surface area contributed by atoms with Crippen LogP contribution >= 0.6 is 0 Å². The van der Waals surface area contributed by atoms with Crippen LogP contribution in [0, 0.1) is 12.7 Å². The van der Waals surface area contributed by atoms with Crippen LogP contribution in [-0.2, 0) is 47.2 Å². The molecule has 254 valence electrons. The predicted octanol–water partition coefficient (Wildman–Crippen LogP) is 8.45. The molecule has 0 saturated carbocycles. The average molecular weight is 678 g/mol. The number of rotatable bonds is 14. The van der Waals surface area contributed by atoms with Crippen LogP contribution in [0.3, 0.4) is 0 Å². The van der Waals surface area contributed by atoms with Crippen molar-refractivity contribution >= 4 is 33.0 Å². The Morgan fingerprint density at radius 3 is 2.26 bits per heavy atom. The summed E-state index contributed by atoms with van der Waals surface area (Å²) >= 11 is 0. The maximum Gasteiger partial charge on any atom is 0.222 e. The van der Waals surface area contributed by atoms with Crippen molar-refractivity contribution in [3.8, 4) is 22.6 Å². The van der Waals surface area contributed by atoms with E-state index < -0.39 is 16.1 Å². The van der Waals surface area contributed by atoms with Gasteiger partial charge in [-0.2, -0.15) is 5.10 Å². The van der Waals surface area contributed by atoms with E-state index in [2.05, 4.69) is 69.0 Å². The van der Waals surface area contributed by atoms with Crippen molar-refractivity contribution < 1.29 is 18.7 Å². The number of halogens is 1. The number of ether oxygens (including phenoxy) is 2. The van der Waals surface area contributed by atoms with E-state index in [1.165, 1.54) is 0 Å². The van der Waals surface area contributed by atoms with Crippen LogP contribution in [0.15, 0.2) is 30.3 Å². The van der Waals surface area contributed by atoms with Crippen molar-refractivity contribution in [1.82, 2.24) is 24.2 Å². The van der Waals surface area contributed by atoms with E-state index in [0.29, 0.717) is 51.7 Å². The molecule has 1 aliphatic rings. The number of fused-ring (bicyclic) bond motifs is 2. The van der Waals surface area contributed by atoms with Gasteiger partial charge in [-0.05, 0) is 65.9 Å². The third-order valence-electron chi connectivity index (χ3n) is 8.96. The molecule has 1 amide bonds. The summed E-state index contributed by atoms with van der Waals surface area (Å²) < 4.78 is 31.4. The second kappa shape index (κ2) is 14.2. The van der Waals surface area contributed by atoms with Crippen molar-refractivity contribution in [2.45, 2.75) is 112 Å². The quantitative estimate of drug-likeness (QED) is 0.0989. The molecule has 0 spiro atoms. The molecule has 1 aliphatic heterocycles. The summed E-state index contributed by atoms with van der Waals surface area (Å²) in [5.74, 6) is 0.649. The molecule has 0 unspecified atom stereocenters. The molecule has 2 aromatic heterocycles. The van der Waals surface area contributed by atoms with E-state index >= 15 is 0 Å². The lowest BCUT2D eigenvalue weighted by Gasteiger charge is -2.18. The monoisotopic (exact) mass is 677 g/mol. The highest BCUT2D eigenvalue weighted by Crippen LogP contribution is 2.36. The Morgan fingerprint density at radius 2 is 1.62 bits per heavy atom. The van der Waals surface area contributed by atoms with Gasteiger partial charge in [0.25, 0.3) is 0 Å². The van der Waals surface area contributed by atoms with Crippen LogP contribution < -0.4 is 0 Å². The van der Waals surface area contributed by atoms with Gasteiger partial charge in [-0.25, -0.2) is 14.1 Å². The third-order valence-corrected chi connectivity index (χ3v) is 12.4. The first-order chi connectivity index (χ1) is 22.2. The van der Waals surface area contributed by atoms with Gasteiger partial charge < -0.3 is 18.9 Å². The van der Waals surface area contributed by atoms with Gasteiger partial charge in [0.15, 0.2) is 5.82 Å². The zero-order valence-electron chi connectivity index (χ0n) is 29.8. The van der Waals surface area contributed by atoms with E-state index in [1.807, 2.05) is 29.5 Å². The summed E-state index contributed by atoms with van der Waals surface area (Å²) in [4.78, 5) is 19.6. The average Bonchev–Trinajstić information content (AvgIpc) is 3.68. The molecule has 0 N–H and O–H groups in total. The van der Waals surface area contributed by atoms with Crippen molar-refractivity contribution in [1.29, 1.82) is 0 Å². The molecule has 0 bridgehead atoms. The first-order valence-corrected chi connectivity index (χ1v) is 24.4. The highest BCUT2D eigenvalue weighted by atomic mass is 28.3. The molecule has 0 saturated heterocycles. The summed E-state index contributed by atoms with van der Waals surface area (Å²) in [6.45, 7) is 22.9. The Morgan fingerprint density at radius 1 is 0.936 bits per heavy atom. The molecule has 0 atom stereocenters. The maximum absolute atomic E-state index is 14.8. The number of benzene rings is 2. The fourth-order valence-electron chi connectivity index (χ4n) is 5.95. The van der Waals surface area contributed by atoms with Crippen molar-refractivity contribution in [3.63, 3.8) is 0 Å². The first-order valence-electron chi connectivity index (χ1n) is 17.0. The molecular weight excluding hydrogens is 626 g/mol. The van der Waals surface area contributed by atoms with Crippen LogP contribution in [0.4, 0.5) is 4.39 Å². The minimum Gasteiger partial charge on any atom is -0.361 e. The number of imidazole rings is 1. The Balaban J connectivity index is 1.59. The van der Waals surface area contributed by atoms with Crippen LogP contribution in [-0.4, -0.2) is 59.5 Å². The third kappa shape index (κ3) is 8.13. The molecule has 0 fully saturated rings. The summed E-state index contributed by atoms with van der Waals surface area (Å²) in [6.07, 6.45) is 1.26. The van der Waals surface area contributed by atoms with Gasteiger partial charge in [-0.1, -0.05) is 65.3 Å². The molecule has 8 nitrogen and oxygen atoms in total. The maximum atomic E-state index is 14.8. The Bertz CT molecular complexity index is 1750. The number of hydrogen-bond donors (Lipinski definition) is 0. The van der Waals surface area contributed by atoms with Gasteiger partial charge in [0.2, 0.25) is 5.91 Å². The number of aryl methyl sites for hydroxylation is 2. The Labute approximate surface area is 281 Å². The SMILES string of the molecule is CCC(=O)N1Cc2nc(-c3nn(COCC[Si](C)(C)C)c4cc(-c5cc(F)c(C)cc5CC)ccc34)n(COCC[Si](C)(C)C)c2C1. The number of aromatic nitrogens is 4. The van der Waals surface area contributed by atoms with Crippen LogP contribution in [0.1, 0.15) is 42.8 Å². The molecule has 0 radical (unpaired) electrons. The largest absolute Gasteiger partial charge is 0.361 e. The molecule has 5 rings (SSSR count). The van der Waals surface area contributed by atoms with Gasteiger partial charge in [0.05, 0.1) is 30.0 Å². The highest BCUT2D eigenvalue weighted by Gasteiger charge is 2.31. The summed E-state index contributed by atoms with van der Waals surface area (Å²) in [7, 11) is -2.54. The van der Waals surface area contributed by atoms with E-state index in [1.54, 1.807) is 6.07 Å². The summed E-state index contributed by atoms with van der Waals surface area (Å²) in [6, 6.07) is 12.0. The fraction of sp³-hybridized carbons (Fsp3) is 0.528. The standard InChI is InChI=1S/C36H52FN5O3Si2/c1-10-26-18-25(3)30(37)20-29(26)27-12-13-28-32(19-27)42(24-45-15-17-47(7,8)9)39-35(28)36-38-31-21-40(34(43)11-2)22-33(31)41(36)23-44-14-16-46(4,5)6/h12-13,18-20H,10-11,14-17,21-24H2,1-9H3.